The third-order valence-electron chi connectivity index (χ3n) is 1.69. The first kappa shape index (κ1) is 11.8. The second kappa shape index (κ2) is 5.03. The highest BCUT2D eigenvalue weighted by atomic mass is 28.4. The fourth-order valence-electron chi connectivity index (χ4n) is 1.12. The highest BCUT2D eigenvalue weighted by molar-refractivity contribution is 6.70. The summed E-state index contributed by atoms with van der Waals surface area (Å²) in [5.41, 5.74) is 1.09. The van der Waals surface area contributed by atoms with Crippen LogP contribution in [0, 0.1) is 0 Å². The highest BCUT2D eigenvalue weighted by Gasteiger charge is 2.17. The summed E-state index contributed by atoms with van der Waals surface area (Å²) in [6, 6.07) is 10.0. The van der Waals surface area contributed by atoms with Gasteiger partial charge in [0.2, 0.25) is 8.32 Å². The number of benzene rings is 1. The third kappa shape index (κ3) is 4.70. The standard InChI is InChI=1S/C12H18O2Si/c1-13-12(14-15(2,3)4)10-11-8-6-5-7-9-11/h5-10H,1-4H3/b12-10+. The van der Waals surface area contributed by atoms with Gasteiger partial charge in [-0.25, -0.2) is 0 Å². The zero-order valence-corrected chi connectivity index (χ0v) is 10.8. The van der Waals surface area contributed by atoms with E-state index in [0.29, 0.717) is 5.95 Å². The molecule has 0 N–H and O–H groups in total. The minimum atomic E-state index is -1.59. The van der Waals surface area contributed by atoms with Gasteiger partial charge in [-0.2, -0.15) is 0 Å². The van der Waals surface area contributed by atoms with E-state index in [4.69, 9.17) is 9.16 Å². The van der Waals surface area contributed by atoms with Crippen LogP contribution in [-0.2, 0) is 9.16 Å². The molecule has 0 heterocycles. The first-order valence-electron chi connectivity index (χ1n) is 5.01. The van der Waals surface area contributed by atoms with E-state index < -0.39 is 8.32 Å². The first-order chi connectivity index (χ1) is 7.01. The molecule has 0 radical (unpaired) electrons. The topological polar surface area (TPSA) is 18.5 Å². The van der Waals surface area contributed by atoms with Crippen molar-refractivity contribution in [1.82, 2.24) is 0 Å². The molecule has 82 valence electrons. The fourth-order valence-corrected chi connectivity index (χ4v) is 1.86. The molecule has 0 aromatic heterocycles. The molecule has 0 bridgehead atoms. The summed E-state index contributed by atoms with van der Waals surface area (Å²) in [5.74, 6) is 0.598. The molecule has 2 nitrogen and oxygen atoms in total. The Bertz CT molecular complexity index is 325. The van der Waals surface area contributed by atoms with Crippen molar-refractivity contribution in [1.29, 1.82) is 0 Å². The van der Waals surface area contributed by atoms with Crippen LogP contribution in [0.15, 0.2) is 36.3 Å². The van der Waals surface area contributed by atoms with Crippen LogP contribution in [0.25, 0.3) is 6.08 Å². The second-order valence-electron chi connectivity index (χ2n) is 4.29. The average Bonchev–Trinajstić information content (AvgIpc) is 2.16. The summed E-state index contributed by atoms with van der Waals surface area (Å²) in [6.45, 7) is 6.39. The predicted molar refractivity (Wildman–Crippen MR) is 65.9 cm³/mol. The lowest BCUT2D eigenvalue weighted by atomic mass is 10.2. The molecule has 15 heavy (non-hydrogen) atoms. The van der Waals surface area contributed by atoms with Crippen molar-refractivity contribution in [2.45, 2.75) is 19.6 Å². The third-order valence-corrected chi connectivity index (χ3v) is 2.51. The van der Waals surface area contributed by atoms with Gasteiger partial charge in [0.15, 0.2) is 0 Å². The monoisotopic (exact) mass is 222 g/mol. The zero-order valence-electron chi connectivity index (χ0n) is 9.78. The van der Waals surface area contributed by atoms with Crippen molar-refractivity contribution in [3.63, 3.8) is 0 Å². The number of ether oxygens (including phenoxy) is 1. The predicted octanol–water partition coefficient (Wildman–Crippen LogP) is 3.48. The molecule has 3 heteroatoms. The smallest absolute Gasteiger partial charge is 0.265 e. The van der Waals surface area contributed by atoms with E-state index >= 15 is 0 Å². The molecule has 0 saturated heterocycles. The van der Waals surface area contributed by atoms with E-state index in [-0.39, 0.29) is 0 Å². The van der Waals surface area contributed by atoms with Crippen LogP contribution in [0.2, 0.25) is 19.6 Å². The molecule has 0 aliphatic heterocycles. The van der Waals surface area contributed by atoms with E-state index in [1.165, 1.54) is 0 Å². The minimum absolute atomic E-state index is 0.598. The molecule has 0 saturated carbocycles. The maximum absolute atomic E-state index is 5.77. The van der Waals surface area contributed by atoms with Crippen molar-refractivity contribution in [2.75, 3.05) is 7.11 Å². The summed E-state index contributed by atoms with van der Waals surface area (Å²) in [5, 5.41) is 0. The Morgan fingerprint density at radius 1 is 1.13 bits per heavy atom. The Balaban J connectivity index is 2.79. The first-order valence-corrected chi connectivity index (χ1v) is 8.42. The number of rotatable bonds is 4. The van der Waals surface area contributed by atoms with Gasteiger partial charge >= 0.3 is 0 Å². The van der Waals surface area contributed by atoms with Gasteiger partial charge in [0.05, 0.1) is 7.11 Å². The molecule has 0 fully saturated rings. The summed E-state index contributed by atoms with van der Waals surface area (Å²) >= 11 is 0. The van der Waals surface area contributed by atoms with Crippen LogP contribution in [0.4, 0.5) is 0 Å². The molecule has 0 spiro atoms. The number of methoxy groups -OCH3 is 1. The normalized spacial score (nSPS) is 12.4. The molecule has 0 aliphatic rings. The molecule has 0 unspecified atom stereocenters. The molecule has 1 rings (SSSR count). The van der Waals surface area contributed by atoms with Gasteiger partial charge in [0.1, 0.15) is 0 Å². The van der Waals surface area contributed by atoms with Gasteiger partial charge in [-0.1, -0.05) is 30.3 Å². The zero-order chi connectivity index (χ0) is 11.3. The van der Waals surface area contributed by atoms with Gasteiger partial charge in [-0.05, 0) is 25.2 Å². The Kier molecular flexibility index (Phi) is 3.97. The van der Waals surface area contributed by atoms with Crippen LogP contribution in [-0.4, -0.2) is 15.4 Å². The van der Waals surface area contributed by atoms with Crippen molar-refractivity contribution in [2.24, 2.45) is 0 Å². The van der Waals surface area contributed by atoms with Crippen LogP contribution in [0.3, 0.4) is 0 Å². The van der Waals surface area contributed by atoms with E-state index in [1.54, 1.807) is 7.11 Å². The highest BCUT2D eigenvalue weighted by Crippen LogP contribution is 2.14. The Labute approximate surface area is 92.7 Å². The van der Waals surface area contributed by atoms with Crippen LogP contribution in [0.5, 0.6) is 0 Å². The van der Waals surface area contributed by atoms with Crippen molar-refractivity contribution in [3.05, 3.63) is 41.8 Å². The van der Waals surface area contributed by atoms with Crippen molar-refractivity contribution in [3.8, 4) is 0 Å². The molecule has 1 aromatic carbocycles. The van der Waals surface area contributed by atoms with Crippen LogP contribution in [0.1, 0.15) is 5.56 Å². The Morgan fingerprint density at radius 3 is 2.20 bits per heavy atom. The van der Waals surface area contributed by atoms with Gasteiger partial charge in [-0.3, -0.25) is 0 Å². The maximum atomic E-state index is 5.77. The summed E-state index contributed by atoms with van der Waals surface area (Å²) in [4.78, 5) is 0. The van der Waals surface area contributed by atoms with Gasteiger partial charge in [-0.15, -0.1) is 0 Å². The lowest BCUT2D eigenvalue weighted by Gasteiger charge is -2.20. The summed E-state index contributed by atoms with van der Waals surface area (Å²) in [7, 11) is 0.0454. The van der Waals surface area contributed by atoms with E-state index in [1.807, 2.05) is 36.4 Å². The largest absolute Gasteiger partial charge is 0.520 e. The van der Waals surface area contributed by atoms with E-state index in [2.05, 4.69) is 19.6 Å². The molecule has 0 aliphatic carbocycles. The Morgan fingerprint density at radius 2 is 1.73 bits per heavy atom. The number of hydrogen-bond donors (Lipinski definition) is 0. The molecule has 0 amide bonds. The fraction of sp³-hybridized carbons (Fsp3) is 0.333. The summed E-state index contributed by atoms with van der Waals surface area (Å²) < 4.78 is 11.0. The molecule has 1 aromatic rings. The van der Waals surface area contributed by atoms with E-state index in [9.17, 15) is 0 Å². The molecular formula is C12H18O2Si. The van der Waals surface area contributed by atoms with Crippen LogP contribution >= 0.6 is 0 Å². The summed E-state index contributed by atoms with van der Waals surface area (Å²) in [6.07, 6.45) is 1.91. The lowest BCUT2D eigenvalue weighted by molar-refractivity contribution is 0.152. The quantitative estimate of drug-likeness (QED) is 0.573. The van der Waals surface area contributed by atoms with Crippen LogP contribution < -0.4 is 0 Å². The SMILES string of the molecule is CO/C(=C\c1ccccc1)O[Si](C)(C)C. The number of hydrogen-bond acceptors (Lipinski definition) is 2. The van der Waals surface area contributed by atoms with Gasteiger partial charge < -0.3 is 9.16 Å². The average molecular weight is 222 g/mol. The van der Waals surface area contributed by atoms with Gasteiger partial charge in [0, 0.05) is 6.08 Å². The van der Waals surface area contributed by atoms with Crippen molar-refractivity contribution >= 4 is 14.4 Å². The van der Waals surface area contributed by atoms with E-state index in [0.717, 1.165) is 5.56 Å². The van der Waals surface area contributed by atoms with Gasteiger partial charge in [0.25, 0.3) is 5.95 Å². The molecular weight excluding hydrogens is 204 g/mol. The minimum Gasteiger partial charge on any atom is -0.520 e. The van der Waals surface area contributed by atoms with Crippen molar-refractivity contribution < 1.29 is 9.16 Å². The maximum Gasteiger partial charge on any atom is 0.265 e. The molecule has 0 atom stereocenters. The lowest BCUT2D eigenvalue weighted by Crippen LogP contribution is -2.25. The second-order valence-corrected chi connectivity index (χ2v) is 8.72. The Hall–Kier alpha value is -1.22.